The Bertz CT molecular complexity index is 416. The summed E-state index contributed by atoms with van der Waals surface area (Å²) in [6.07, 6.45) is 20.2. The second-order valence-corrected chi connectivity index (χ2v) is 9.31. The monoisotopic (exact) mass is 442 g/mol. The highest BCUT2D eigenvalue weighted by Crippen LogP contribution is 2.13. The molecule has 0 aromatic rings. The van der Waals surface area contributed by atoms with Crippen LogP contribution in [0.5, 0.6) is 0 Å². The van der Waals surface area contributed by atoms with E-state index in [9.17, 15) is 13.9 Å². The molecule has 10 heteroatoms. The molecule has 0 saturated carbocycles. The van der Waals surface area contributed by atoms with Crippen LogP contribution >= 0.6 is 7.91 Å². The molecule has 4 N–H and O–H groups in total. The maximum absolute atomic E-state index is 10.3. The van der Waals surface area contributed by atoms with E-state index >= 15 is 0 Å². The molecule has 0 amide bonds. The Morgan fingerprint density at radius 2 is 1.04 bits per heavy atom. The van der Waals surface area contributed by atoms with Crippen LogP contribution in [0.1, 0.15) is 110 Å². The molecule has 8 nitrogen and oxygen atoms in total. The number of aliphatic carboxylic acids is 1. The lowest BCUT2D eigenvalue weighted by Gasteiger charge is -2.03. The SMILES string of the molecule is CCCCCCCCCCCCCCCCCC(=O)O.O=P(=O)O[Si](O)(O)O. The van der Waals surface area contributed by atoms with Gasteiger partial charge in [-0.15, -0.1) is 0 Å². The van der Waals surface area contributed by atoms with Crippen LogP contribution in [0.25, 0.3) is 0 Å². The molecule has 28 heavy (non-hydrogen) atoms. The van der Waals surface area contributed by atoms with Crippen molar-refractivity contribution in [2.75, 3.05) is 0 Å². The molecule has 0 unspecified atom stereocenters. The molecule has 0 heterocycles. The predicted octanol–water partition coefficient (Wildman–Crippen LogP) is 4.84. The number of carboxylic acid groups (broad SMARTS) is 1. The predicted molar refractivity (Wildman–Crippen MR) is 109 cm³/mol. The van der Waals surface area contributed by atoms with Crippen molar-refractivity contribution in [3.63, 3.8) is 0 Å². The van der Waals surface area contributed by atoms with Crippen molar-refractivity contribution in [3.05, 3.63) is 0 Å². The lowest BCUT2D eigenvalue weighted by Crippen LogP contribution is -2.35. The van der Waals surface area contributed by atoms with Gasteiger partial charge in [-0.25, -0.2) is 13.3 Å². The number of hydrogen-bond acceptors (Lipinski definition) is 7. The maximum atomic E-state index is 10.3. The summed E-state index contributed by atoms with van der Waals surface area (Å²) in [7, 11) is -8.19. The number of carbonyl (C=O) groups is 1. The second-order valence-electron chi connectivity index (χ2n) is 6.98. The third-order valence-electron chi connectivity index (χ3n) is 4.19. The number of unbranched alkanes of at least 4 members (excludes halogenated alkanes) is 14. The van der Waals surface area contributed by atoms with Crippen molar-refractivity contribution in [1.82, 2.24) is 0 Å². The van der Waals surface area contributed by atoms with Gasteiger partial charge in [-0.1, -0.05) is 96.8 Å². The van der Waals surface area contributed by atoms with Gasteiger partial charge in [-0.2, -0.15) is 0 Å². The fraction of sp³-hybridized carbons (Fsp3) is 0.944. The van der Waals surface area contributed by atoms with Crippen molar-refractivity contribution >= 4 is 22.9 Å². The highest BCUT2D eigenvalue weighted by molar-refractivity contribution is 7.26. The molecule has 0 rings (SSSR count). The minimum atomic E-state index is -4.82. The van der Waals surface area contributed by atoms with Gasteiger partial charge in [0.15, 0.2) is 0 Å². The summed E-state index contributed by atoms with van der Waals surface area (Å²) in [5, 5.41) is 8.52. The Labute approximate surface area is 170 Å². The second kappa shape index (κ2) is 21.1. The molecular weight excluding hydrogens is 403 g/mol. The van der Waals surface area contributed by atoms with Crippen molar-refractivity contribution < 1.29 is 37.6 Å². The van der Waals surface area contributed by atoms with Crippen LogP contribution in [0, 0.1) is 0 Å². The largest absolute Gasteiger partial charge is 0.683 e. The first kappa shape index (κ1) is 29.6. The number of carboxylic acids is 1. The summed E-state index contributed by atoms with van der Waals surface area (Å²) in [4.78, 5) is 33.8. The summed E-state index contributed by atoms with van der Waals surface area (Å²) in [5.41, 5.74) is 0. The lowest BCUT2D eigenvalue weighted by molar-refractivity contribution is -0.137. The summed E-state index contributed by atoms with van der Waals surface area (Å²) < 4.78 is 22.0. The van der Waals surface area contributed by atoms with Crippen LogP contribution in [0.2, 0.25) is 0 Å². The molecule has 0 aliphatic heterocycles. The quantitative estimate of drug-likeness (QED) is 0.134. The van der Waals surface area contributed by atoms with Crippen LogP contribution in [-0.2, 0) is 18.1 Å². The fourth-order valence-electron chi connectivity index (χ4n) is 2.75. The van der Waals surface area contributed by atoms with Gasteiger partial charge in [0.1, 0.15) is 0 Å². The summed E-state index contributed by atoms with van der Waals surface area (Å²) in [6, 6.07) is 0. The first-order valence-electron chi connectivity index (χ1n) is 10.4. The third-order valence-corrected chi connectivity index (χ3v) is 5.77. The molecular formula is C18H39O8PSi. The smallest absolute Gasteiger partial charge is 0.481 e. The van der Waals surface area contributed by atoms with E-state index in [4.69, 9.17) is 19.5 Å². The average Bonchev–Trinajstić information content (AvgIpc) is 2.56. The van der Waals surface area contributed by atoms with E-state index in [0.29, 0.717) is 6.42 Å². The van der Waals surface area contributed by atoms with Crippen molar-refractivity contribution in [1.29, 1.82) is 0 Å². The Hall–Kier alpha value is -0.573. The Kier molecular flexibility index (Phi) is 22.4. The molecule has 0 aliphatic carbocycles. The molecule has 0 atom stereocenters. The van der Waals surface area contributed by atoms with Crippen LogP contribution in [0.15, 0.2) is 0 Å². The van der Waals surface area contributed by atoms with Gasteiger partial charge in [-0.05, 0) is 6.42 Å². The zero-order valence-corrected chi connectivity index (χ0v) is 19.1. The van der Waals surface area contributed by atoms with E-state index in [1.54, 1.807) is 0 Å². The van der Waals surface area contributed by atoms with Gasteiger partial charge in [0.05, 0.1) is 0 Å². The fourth-order valence-corrected chi connectivity index (χ4v) is 3.55. The van der Waals surface area contributed by atoms with E-state index in [1.807, 2.05) is 0 Å². The van der Waals surface area contributed by atoms with E-state index < -0.39 is 22.9 Å². The third kappa shape index (κ3) is 33.0. The first-order chi connectivity index (χ1) is 13.2. The summed E-state index contributed by atoms with van der Waals surface area (Å²) in [5.74, 6) is -0.653. The number of rotatable bonds is 18. The average molecular weight is 443 g/mol. The summed E-state index contributed by atoms with van der Waals surface area (Å²) >= 11 is 0. The van der Waals surface area contributed by atoms with Crippen LogP contribution in [0.4, 0.5) is 0 Å². The molecule has 0 aliphatic rings. The van der Waals surface area contributed by atoms with Gasteiger partial charge in [0, 0.05) is 6.42 Å². The first-order valence-corrected chi connectivity index (χ1v) is 13.3. The highest BCUT2D eigenvalue weighted by atomic mass is 31.1. The maximum Gasteiger partial charge on any atom is 0.683 e. The topological polar surface area (TPSA) is 141 Å². The molecule has 168 valence electrons. The van der Waals surface area contributed by atoms with Crippen molar-refractivity contribution in [3.8, 4) is 0 Å². The van der Waals surface area contributed by atoms with E-state index in [0.717, 1.165) is 12.8 Å². The highest BCUT2D eigenvalue weighted by Gasteiger charge is 2.33. The van der Waals surface area contributed by atoms with Gasteiger partial charge in [0.25, 0.3) is 0 Å². The van der Waals surface area contributed by atoms with Gasteiger partial charge in [0.2, 0.25) is 0 Å². The lowest BCUT2D eigenvalue weighted by atomic mass is 10.0. The molecule has 0 radical (unpaired) electrons. The molecule has 0 fully saturated rings. The molecule has 0 saturated heterocycles. The zero-order valence-electron chi connectivity index (χ0n) is 17.2. The van der Waals surface area contributed by atoms with Crippen molar-refractivity contribution in [2.45, 2.75) is 110 Å². The van der Waals surface area contributed by atoms with E-state index in [-0.39, 0.29) is 0 Å². The molecule has 0 spiro atoms. The van der Waals surface area contributed by atoms with Gasteiger partial charge < -0.3 is 19.5 Å². The van der Waals surface area contributed by atoms with E-state index in [1.165, 1.54) is 83.5 Å². The standard InChI is InChI=1S/C18H36O2.H3O6PSi/c1-2-3-4-5-6-7-8-9-10-11-12-13-14-15-16-17-18(19)20;1-7(2)6-8(3,4)5/h2-17H2,1H3,(H,19,20);3-5H. The Morgan fingerprint density at radius 1 is 0.714 bits per heavy atom. The zero-order chi connectivity index (χ0) is 21.7. The van der Waals surface area contributed by atoms with Gasteiger partial charge in [-0.3, -0.25) is 4.79 Å². The van der Waals surface area contributed by atoms with Gasteiger partial charge >= 0.3 is 22.9 Å². The van der Waals surface area contributed by atoms with Crippen LogP contribution < -0.4 is 0 Å². The normalized spacial score (nSPS) is 11.0. The summed E-state index contributed by atoms with van der Waals surface area (Å²) in [6.45, 7) is 2.27. The Morgan fingerprint density at radius 3 is 1.25 bits per heavy atom. The van der Waals surface area contributed by atoms with E-state index in [2.05, 4.69) is 11.1 Å². The van der Waals surface area contributed by atoms with Crippen LogP contribution in [0.3, 0.4) is 0 Å². The van der Waals surface area contributed by atoms with Crippen molar-refractivity contribution in [2.24, 2.45) is 0 Å². The molecule has 0 bridgehead atoms. The minimum Gasteiger partial charge on any atom is -0.481 e. The Balaban J connectivity index is 0. The molecule has 0 aromatic heterocycles. The van der Waals surface area contributed by atoms with Crippen LogP contribution in [-0.4, -0.2) is 34.5 Å². The number of hydrogen-bond donors (Lipinski definition) is 4. The minimum absolute atomic E-state index is 0.345. The molecule has 0 aromatic carbocycles.